The topological polar surface area (TPSA) is 89.9 Å². The Morgan fingerprint density at radius 2 is 1.87 bits per heavy atom. The fourth-order valence-electron chi connectivity index (χ4n) is 3.63. The number of nitrogens with zero attached hydrogens (tertiary/aromatic N) is 3. The maximum Gasteiger partial charge on any atom is 0.191 e. The average molecular weight is 441 g/mol. The minimum Gasteiger partial charge on any atom is -0.497 e. The summed E-state index contributed by atoms with van der Waals surface area (Å²) in [5.74, 6) is 1.67. The monoisotopic (exact) mass is 440 g/mol. The summed E-state index contributed by atoms with van der Waals surface area (Å²) in [4.78, 5) is 27.8. The summed E-state index contributed by atoms with van der Waals surface area (Å²) in [7, 11) is 1.64. The second kappa shape index (κ2) is 9.96. The number of aromatic amines is 1. The molecule has 2 heterocycles. The van der Waals surface area contributed by atoms with Gasteiger partial charge >= 0.3 is 0 Å². The van der Waals surface area contributed by atoms with Crippen LogP contribution in [-0.2, 0) is 6.54 Å². The normalized spacial score (nSPS) is 11.0. The van der Waals surface area contributed by atoms with Crippen LogP contribution in [0.15, 0.2) is 29.4 Å². The summed E-state index contributed by atoms with van der Waals surface area (Å²) in [5.41, 5.74) is 3.48. The largest absolute Gasteiger partial charge is 0.497 e. The smallest absolute Gasteiger partial charge is 0.191 e. The summed E-state index contributed by atoms with van der Waals surface area (Å²) in [6, 6.07) is 7.71. The molecule has 1 aromatic carbocycles. The SMILES string of the molecule is CCCCn1c(SCC(=O)c2[nH]c(C)c(C(C)=O)c2C)nnc1-c1ccc(OC)cc1. The molecule has 0 saturated heterocycles. The lowest BCUT2D eigenvalue weighted by molar-refractivity contribution is 0.101. The number of unbranched alkanes of at least 4 members (excludes halogenated alkanes) is 1. The summed E-state index contributed by atoms with van der Waals surface area (Å²) in [6.07, 6.45) is 2.03. The number of nitrogens with one attached hydrogen (secondary N) is 1. The van der Waals surface area contributed by atoms with Crippen molar-refractivity contribution in [3.8, 4) is 17.1 Å². The number of aryl methyl sites for hydroxylation is 1. The second-order valence-electron chi connectivity index (χ2n) is 7.43. The van der Waals surface area contributed by atoms with Crippen LogP contribution in [-0.4, -0.2) is 44.2 Å². The quantitative estimate of drug-likeness (QED) is 0.357. The third kappa shape index (κ3) is 4.90. The van der Waals surface area contributed by atoms with Crippen molar-refractivity contribution >= 4 is 23.3 Å². The van der Waals surface area contributed by atoms with E-state index in [1.165, 1.54) is 18.7 Å². The van der Waals surface area contributed by atoms with E-state index in [2.05, 4.69) is 26.7 Å². The second-order valence-corrected chi connectivity index (χ2v) is 8.38. The van der Waals surface area contributed by atoms with Gasteiger partial charge in [-0.1, -0.05) is 25.1 Å². The van der Waals surface area contributed by atoms with E-state index in [4.69, 9.17) is 4.74 Å². The molecular formula is C23H28N4O3S. The molecule has 0 fully saturated rings. The molecule has 0 saturated carbocycles. The third-order valence-corrected chi connectivity index (χ3v) is 6.17. The van der Waals surface area contributed by atoms with E-state index < -0.39 is 0 Å². The number of ketones is 2. The summed E-state index contributed by atoms with van der Waals surface area (Å²) in [5, 5.41) is 9.46. The lowest BCUT2D eigenvalue weighted by Gasteiger charge is -2.10. The zero-order chi connectivity index (χ0) is 22.5. The van der Waals surface area contributed by atoms with Gasteiger partial charge in [0.05, 0.1) is 18.6 Å². The number of rotatable bonds is 10. The highest BCUT2D eigenvalue weighted by molar-refractivity contribution is 7.99. The van der Waals surface area contributed by atoms with Crippen molar-refractivity contribution in [2.75, 3.05) is 12.9 Å². The number of carbonyl (C=O) groups is 2. The molecule has 3 aromatic rings. The Balaban J connectivity index is 1.82. The number of methoxy groups -OCH3 is 1. The van der Waals surface area contributed by atoms with E-state index in [-0.39, 0.29) is 17.3 Å². The number of aromatic nitrogens is 4. The number of H-pyrrole nitrogens is 1. The minimum absolute atomic E-state index is 0.0404. The number of ether oxygens (including phenoxy) is 1. The van der Waals surface area contributed by atoms with Crippen LogP contribution in [0.5, 0.6) is 5.75 Å². The molecule has 0 unspecified atom stereocenters. The van der Waals surface area contributed by atoms with Crippen molar-refractivity contribution in [1.82, 2.24) is 19.7 Å². The van der Waals surface area contributed by atoms with Gasteiger partial charge in [-0.3, -0.25) is 9.59 Å². The molecule has 0 aliphatic heterocycles. The summed E-state index contributed by atoms with van der Waals surface area (Å²) < 4.78 is 7.30. The molecule has 0 amide bonds. The lowest BCUT2D eigenvalue weighted by atomic mass is 10.1. The number of hydrogen-bond donors (Lipinski definition) is 1. The zero-order valence-corrected chi connectivity index (χ0v) is 19.4. The maximum atomic E-state index is 12.9. The fourth-order valence-corrected chi connectivity index (χ4v) is 4.46. The molecule has 1 N–H and O–H groups in total. The maximum absolute atomic E-state index is 12.9. The van der Waals surface area contributed by atoms with E-state index >= 15 is 0 Å². The van der Waals surface area contributed by atoms with Crippen LogP contribution in [0.4, 0.5) is 0 Å². The zero-order valence-electron chi connectivity index (χ0n) is 18.6. The molecular weight excluding hydrogens is 412 g/mol. The van der Waals surface area contributed by atoms with Gasteiger partial charge < -0.3 is 14.3 Å². The Morgan fingerprint density at radius 1 is 1.16 bits per heavy atom. The first-order valence-corrected chi connectivity index (χ1v) is 11.3. The molecule has 164 valence electrons. The third-order valence-electron chi connectivity index (χ3n) is 5.20. The molecule has 7 nitrogen and oxygen atoms in total. The minimum atomic E-state index is -0.0610. The summed E-state index contributed by atoms with van der Waals surface area (Å²) >= 11 is 1.37. The van der Waals surface area contributed by atoms with Crippen molar-refractivity contribution in [3.63, 3.8) is 0 Å². The van der Waals surface area contributed by atoms with Gasteiger partial charge in [-0.15, -0.1) is 10.2 Å². The molecule has 0 spiro atoms. The van der Waals surface area contributed by atoms with Crippen molar-refractivity contribution < 1.29 is 14.3 Å². The van der Waals surface area contributed by atoms with E-state index in [1.807, 2.05) is 38.1 Å². The van der Waals surface area contributed by atoms with Crippen LogP contribution in [0.25, 0.3) is 11.4 Å². The van der Waals surface area contributed by atoms with Crippen LogP contribution in [0, 0.1) is 13.8 Å². The average Bonchev–Trinajstić information content (AvgIpc) is 3.30. The Labute approximate surface area is 186 Å². The van der Waals surface area contributed by atoms with Crippen LogP contribution >= 0.6 is 11.8 Å². The van der Waals surface area contributed by atoms with Gasteiger partial charge in [0.15, 0.2) is 22.5 Å². The standard InChI is InChI=1S/C23H28N4O3S/c1-6-7-12-27-22(17-8-10-18(30-5)11-9-17)25-26-23(27)31-13-19(29)21-14(2)20(16(4)28)15(3)24-21/h8-11,24H,6-7,12-13H2,1-5H3. The fraction of sp³-hybridized carbons (Fsp3) is 0.391. The van der Waals surface area contributed by atoms with E-state index in [0.717, 1.165) is 42.2 Å². The molecule has 31 heavy (non-hydrogen) atoms. The molecule has 0 aliphatic carbocycles. The van der Waals surface area contributed by atoms with Crippen LogP contribution in [0.3, 0.4) is 0 Å². The van der Waals surface area contributed by atoms with Crippen molar-refractivity contribution in [2.45, 2.75) is 52.2 Å². The molecule has 0 bridgehead atoms. The highest BCUT2D eigenvalue weighted by Crippen LogP contribution is 2.27. The molecule has 0 aliphatic rings. The first-order chi connectivity index (χ1) is 14.9. The van der Waals surface area contributed by atoms with E-state index in [9.17, 15) is 9.59 Å². The van der Waals surface area contributed by atoms with Gasteiger partial charge in [0.25, 0.3) is 0 Å². The molecule has 2 aromatic heterocycles. The molecule has 0 radical (unpaired) electrons. The Hall–Kier alpha value is -2.87. The van der Waals surface area contributed by atoms with E-state index in [0.29, 0.717) is 22.0 Å². The van der Waals surface area contributed by atoms with Crippen LogP contribution < -0.4 is 4.74 Å². The van der Waals surface area contributed by atoms with Crippen LogP contribution in [0.1, 0.15) is 58.8 Å². The predicted molar refractivity (Wildman–Crippen MR) is 122 cm³/mol. The number of hydrogen-bond acceptors (Lipinski definition) is 6. The van der Waals surface area contributed by atoms with Crippen LogP contribution in [0.2, 0.25) is 0 Å². The van der Waals surface area contributed by atoms with Gasteiger partial charge in [-0.2, -0.15) is 0 Å². The van der Waals surface area contributed by atoms with Crippen molar-refractivity contribution in [2.24, 2.45) is 0 Å². The molecule has 8 heteroatoms. The Morgan fingerprint density at radius 3 is 2.45 bits per heavy atom. The molecule has 3 rings (SSSR count). The number of thioether (sulfide) groups is 1. The number of carbonyl (C=O) groups excluding carboxylic acids is 2. The van der Waals surface area contributed by atoms with Gasteiger partial charge in [-0.25, -0.2) is 0 Å². The van der Waals surface area contributed by atoms with Gasteiger partial charge in [0.2, 0.25) is 0 Å². The summed E-state index contributed by atoms with van der Waals surface area (Å²) in [6.45, 7) is 8.05. The van der Waals surface area contributed by atoms with Gasteiger partial charge in [0, 0.05) is 23.4 Å². The van der Waals surface area contributed by atoms with Gasteiger partial charge in [0.1, 0.15) is 5.75 Å². The first-order valence-electron chi connectivity index (χ1n) is 10.3. The lowest BCUT2D eigenvalue weighted by Crippen LogP contribution is -2.08. The Kier molecular flexibility index (Phi) is 7.33. The number of Topliss-reactive ketones (excluding diaryl/α,β-unsaturated/α-hetero) is 2. The van der Waals surface area contributed by atoms with Gasteiger partial charge in [-0.05, 0) is 57.0 Å². The predicted octanol–water partition coefficient (Wildman–Crippen LogP) is 4.88. The van der Waals surface area contributed by atoms with Crippen molar-refractivity contribution in [1.29, 1.82) is 0 Å². The van der Waals surface area contributed by atoms with E-state index in [1.54, 1.807) is 7.11 Å². The number of benzene rings is 1. The highest BCUT2D eigenvalue weighted by atomic mass is 32.2. The highest BCUT2D eigenvalue weighted by Gasteiger charge is 2.21. The first kappa shape index (κ1) is 22.8. The molecule has 0 atom stereocenters. The van der Waals surface area contributed by atoms with Crippen molar-refractivity contribution in [3.05, 3.63) is 46.8 Å². The Bertz CT molecular complexity index is 1080.